The van der Waals surface area contributed by atoms with Crippen molar-refractivity contribution in [1.29, 1.82) is 0 Å². The fourth-order valence-electron chi connectivity index (χ4n) is 2.99. The molecule has 1 aliphatic heterocycles. The van der Waals surface area contributed by atoms with Crippen molar-refractivity contribution in [3.05, 3.63) is 52.7 Å². The second-order valence-electron chi connectivity index (χ2n) is 6.09. The van der Waals surface area contributed by atoms with E-state index in [0.717, 1.165) is 4.88 Å². The van der Waals surface area contributed by atoms with E-state index in [1.165, 1.54) is 0 Å². The SMILES string of the molecule is COc1ccc(S(=O)(=O)C2CCN(C(=O)C=Cc3cccs3)CC2)cc1. The van der Waals surface area contributed by atoms with Gasteiger partial charge in [-0.1, -0.05) is 6.07 Å². The third-order valence-electron chi connectivity index (χ3n) is 4.51. The first-order valence-corrected chi connectivity index (χ1v) is 10.8. The molecule has 1 saturated heterocycles. The average Bonchev–Trinajstić information content (AvgIpc) is 3.20. The number of benzene rings is 1. The fourth-order valence-corrected chi connectivity index (χ4v) is 5.34. The number of nitrogens with zero attached hydrogens (tertiary/aromatic N) is 1. The van der Waals surface area contributed by atoms with Crippen LogP contribution in [0.3, 0.4) is 0 Å². The first-order valence-electron chi connectivity index (χ1n) is 8.39. The number of carbonyl (C=O) groups excluding carboxylic acids is 1. The lowest BCUT2D eigenvalue weighted by molar-refractivity contribution is -0.126. The molecule has 138 valence electrons. The minimum atomic E-state index is -3.39. The average molecular weight is 392 g/mol. The maximum absolute atomic E-state index is 12.8. The van der Waals surface area contributed by atoms with Crippen LogP contribution in [0.1, 0.15) is 17.7 Å². The number of piperidine rings is 1. The number of rotatable bonds is 5. The van der Waals surface area contributed by atoms with Crippen molar-refractivity contribution >= 4 is 33.2 Å². The maximum atomic E-state index is 12.8. The normalized spacial score (nSPS) is 16.1. The van der Waals surface area contributed by atoms with Crippen molar-refractivity contribution in [1.82, 2.24) is 4.90 Å². The first kappa shape index (κ1) is 18.7. The number of likely N-dealkylation sites (tertiary alicyclic amines) is 1. The van der Waals surface area contributed by atoms with Gasteiger partial charge in [0.05, 0.1) is 17.3 Å². The molecule has 0 bridgehead atoms. The van der Waals surface area contributed by atoms with E-state index in [9.17, 15) is 13.2 Å². The number of amides is 1. The van der Waals surface area contributed by atoms with Gasteiger partial charge in [0.25, 0.3) is 0 Å². The number of carbonyl (C=O) groups is 1. The predicted octanol–water partition coefficient (Wildman–Crippen LogP) is 3.23. The summed E-state index contributed by atoms with van der Waals surface area (Å²) in [5, 5.41) is 1.50. The zero-order chi connectivity index (χ0) is 18.6. The number of sulfone groups is 1. The van der Waals surface area contributed by atoms with Crippen LogP contribution >= 0.6 is 11.3 Å². The Hall–Kier alpha value is -2.12. The summed E-state index contributed by atoms with van der Waals surface area (Å²) < 4.78 is 30.6. The van der Waals surface area contributed by atoms with Crippen LogP contribution in [0.15, 0.2) is 52.7 Å². The summed E-state index contributed by atoms with van der Waals surface area (Å²) in [6.07, 6.45) is 4.26. The molecule has 26 heavy (non-hydrogen) atoms. The van der Waals surface area contributed by atoms with E-state index < -0.39 is 15.1 Å². The molecule has 1 aromatic heterocycles. The first-order chi connectivity index (χ1) is 12.5. The molecule has 0 spiro atoms. The lowest BCUT2D eigenvalue weighted by Gasteiger charge is -2.31. The van der Waals surface area contributed by atoms with E-state index in [0.29, 0.717) is 36.6 Å². The Kier molecular flexibility index (Phi) is 5.78. The lowest BCUT2D eigenvalue weighted by Crippen LogP contribution is -2.41. The van der Waals surface area contributed by atoms with Gasteiger partial charge in [-0.05, 0) is 54.6 Å². The largest absolute Gasteiger partial charge is 0.497 e. The molecule has 1 amide bonds. The van der Waals surface area contributed by atoms with Crippen molar-refractivity contribution in [3.63, 3.8) is 0 Å². The summed E-state index contributed by atoms with van der Waals surface area (Å²) in [6.45, 7) is 0.904. The third-order valence-corrected chi connectivity index (χ3v) is 7.63. The van der Waals surface area contributed by atoms with Crippen molar-refractivity contribution in [2.75, 3.05) is 20.2 Å². The molecule has 2 heterocycles. The van der Waals surface area contributed by atoms with E-state index in [2.05, 4.69) is 0 Å². The molecule has 1 aliphatic rings. The Morgan fingerprint density at radius 1 is 1.19 bits per heavy atom. The van der Waals surface area contributed by atoms with E-state index in [-0.39, 0.29) is 5.91 Å². The van der Waals surface area contributed by atoms with Gasteiger partial charge in [-0.15, -0.1) is 11.3 Å². The molecule has 5 nitrogen and oxygen atoms in total. The second kappa shape index (κ2) is 8.05. The Labute approximate surface area is 157 Å². The monoisotopic (exact) mass is 391 g/mol. The van der Waals surface area contributed by atoms with Crippen molar-refractivity contribution in [2.45, 2.75) is 23.0 Å². The molecular formula is C19H21NO4S2. The van der Waals surface area contributed by atoms with Crippen LogP contribution in [0.2, 0.25) is 0 Å². The van der Waals surface area contributed by atoms with Crippen LogP contribution in [-0.4, -0.2) is 44.7 Å². The summed E-state index contributed by atoms with van der Waals surface area (Å²) in [6, 6.07) is 10.3. The van der Waals surface area contributed by atoms with Crippen molar-refractivity contribution < 1.29 is 17.9 Å². The maximum Gasteiger partial charge on any atom is 0.246 e. The van der Waals surface area contributed by atoms with Crippen LogP contribution in [0, 0.1) is 0 Å². The molecule has 2 aromatic rings. The van der Waals surface area contributed by atoms with Gasteiger partial charge in [-0.3, -0.25) is 4.79 Å². The minimum Gasteiger partial charge on any atom is -0.497 e. The van der Waals surface area contributed by atoms with Gasteiger partial charge in [0.1, 0.15) is 5.75 Å². The predicted molar refractivity (Wildman–Crippen MR) is 103 cm³/mol. The van der Waals surface area contributed by atoms with E-state index in [1.807, 2.05) is 17.5 Å². The fraction of sp³-hybridized carbons (Fsp3) is 0.316. The lowest BCUT2D eigenvalue weighted by atomic mass is 10.1. The number of thiophene rings is 1. The molecule has 0 aliphatic carbocycles. The zero-order valence-electron chi connectivity index (χ0n) is 14.5. The summed E-state index contributed by atoms with van der Waals surface area (Å²) >= 11 is 1.57. The zero-order valence-corrected chi connectivity index (χ0v) is 16.1. The van der Waals surface area contributed by atoms with E-state index in [1.54, 1.807) is 59.8 Å². The molecule has 1 fully saturated rings. The summed E-state index contributed by atoms with van der Waals surface area (Å²) in [5.41, 5.74) is 0. The van der Waals surface area contributed by atoms with E-state index >= 15 is 0 Å². The van der Waals surface area contributed by atoms with Gasteiger partial charge in [0, 0.05) is 24.0 Å². The molecule has 3 rings (SSSR count). The Balaban J connectivity index is 1.61. The van der Waals surface area contributed by atoms with Crippen LogP contribution in [0.5, 0.6) is 5.75 Å². The highest BCUT2D eigenvalue weighted by atomic mass is 32.2. The van der Waals surface area contributed by atoms with Gasteiger partial charge < -0.3 is 9.64 Å². The number of hydrogen-bond acceptors (Lipinski definition) is 5. The topological polar surface area (TPSA) is 63.7 Å². The Morgan fingerprint density at radius 2 is 1.88 bits per heavy atom. The molecule has 7 heteroatoms. The van der Waals surface area contributed by atoms with Gasteiger partial charge in [-0.2, -0.15) is 0 Å². The van der Waals surface area contributed by atoms with Crippen LogP contribution in [-0.2, 0) is 14.6 Å². The number of ether oxygens (including phenoxy) is 1. The number of methoxy groups -OCH3 is 1. The molecule has 1 aromatic carbocycles. The van der Waals surface area contributed by atoms with Crippen molar-refractivity contribution in [3.8, 4) is 5.75 Å². The molecule has 0 radical (unpaired) electrons. The van der Waals surface area contributed by atoms with Gasteiger partial charge in [0.15, 0.2) is 9.84 Å². The molecule has 0 N–H and O–H groups in total. The van der Waals surface area contributed by atoms with Crippen LogP contribution < -0.4 is 4.74 Å². The molecular weight excluding hydrogens is 370 g/mol. The highest BCUT2D eigenvalue weighted by Crippen LogP contribution is 2.26. The standard InChI is InChI=1S/C19H21NO4S2/c1-24-15-4-7-17(8-5-15)26(22,23)18-10-12-20(13-11-18)19(21)9-6-16-3-2-14-25-16/h2-9,14,18H,10-13H2,1H3. The Bertz CT molecular complexity index is 863. The molecule has 0 unspecified atom stereocenters. The minimum absolute atomic E-state index is 0.0707. The van der Waals surface area contributed by atoms with Crippen LogP contribution in [0.25, 0.3) is 6.08 Å². The highest BCUT2D eigenvalue weighted by Gasteiger charge is 2.32. The summed E-state index contributed by atoms with van der Waals surface area (Å²) in [4.78, 5) is 15.3. The van der Waals surface area contributed by atoms with Gasteiger partial charge in [-0.25, -0.2) is 8.42 Å². The number of hydrogen-bond donors (Lipinski definition) is 0. The van der Waals surface area contributed by atoms with E-state index in [4.69, 9.17) is 4.74 Å². The Morgan fingerprint density at radius 3 is 2.46 bits per heavy atom. The van der Waals surface area contributed by atoms with Crippen molar-refractivity contribution in [2.24, 2.45) is 0 Å². The molecule has 0 atom stereocenters. The third kappa shape index (κ3) is 4.16. The van der Waals surface area contributed by atoms with Gasteiger partial charge >= 0.3 is 0 Å². The quantitative estimate of drug-likeness (QED) is 0.734. The molecule has 0 saturated carbocycles. The second-order valence-corrected chi connectivity index (χ2v) is 9.30. The summed E-state index contributed by atoms with van der Waals surface area (Å²) in [5.74, 6) is 0.556. The van der Waals surface area contributed by atoms with Gasteiger partial charge in [0.2, 0.25) is 5.91 Å². The smallest absolute Gasteiger partial charge is 0.246 e. The van der Waals surface area contributed by atoms with Crippen LogP contribution in [0.4, 0.5) is 0 Å². The highest BCUT2D eigenvalue weighted by molar-refractivity contribution is 7.92. The summed E-state index contributed by atoms with van der Waals surface area (Å²) in [7, 11) is -1.85.